The third-order valence-electron chi connectivity index (χ3n) is 3.52. The Kier molecular flexibility index (Phi) is 4.48. The summed E-state index contributed by atoms with van der Waals surface area (Å²) in [5.41, 5.74) is 0.0616. The molecule has 2 heterocycles. The maximum Gasteiger partial charge on any atom is 0.312 e. The molecule has 1 aromatic heterocycles. The molecule has 1 aromatic rings. The Morgan fingerprint density at radius 3 is 3.10 bits per heavy atom. The fraction of sp³-hybridized carbons (Fsp3) is 0.538. The number of hydrogen-bond donors (Lipinski definition) is 1. The van der Waals surface area contributed by atoms with Crippen molar-refractivity contribution >= 4 is 11.5 Å². The topological polar surface area (TPSA) is 103 Å². The summed E-state index contributed by atoms with van der Waals surface area (Å²) in [6.45, 7) is 0.836. The molecule has 0 saturated carbocycles. The number of nitriles is 1. The van der Waals surface area contributed by atoms with Crippen LogP contribution >= 0.6 is 0 Å². The lowest BCUT2D eigenvalue weighted by molar-refractivity contribution is -0.384. The fourth-order valence-electron chi connectivity index (χ4n) is 2.60. The molecule has 106 valence electrons. The number of nitrogens with zero attached hydrogens (tertiary/aromatic N) is 4. The first-order chi connectivity index (χ1) is 9.67. The van der Waals surface area contributed by atoms with Gasteiger partial charge in [-0.3, -0.25) is 10.1 Å². The minimum atomic E-state index is -0.495. The van der Waals surface area contributed by atoms with E-state index in [1.165, 1.54) is 12.3 Å². The molecule has 1 aliphatic heterocycles. The highest BCUT2D eigenvalue weighted by atomic mass is 16.6. The Balaban J connectivity index is 2.31. The quantitative estimate of drug-likeness (QED) is 0.647. The predicted molar refractivity (Wildman–Crippen MR) is 72.3 cm³/mol. The largest absolute Gasteiger partial charge is 0.396 e. The van der Waals surface area contributed by atoms with Crippen molar-refractivity contribution in [2.75, 3.05) is 18.1 Å². The number of aliphatic hydroxyl groups excluding tert-OH is 1. The van der Waals surface area contributed by atoms with Gasteiger partial charge in [-0.05, 0) is 25.7 Å². The molecule has 0 spiro atoms. The van der Waals surface area contributed by atoms with E-state index in [1.807, 2.05) is 11.0 Å². The lowest BCUT2D eigenvalue weighted by Crippen LogP contribution is -2.30. The van der Waals surface area contributed by atoms with Crippen molar-refractivity contribution in [2.45, 2.75) is 31.7 Å². The molecular formula is C13H16N4O3. The van der Waals surface area contributed by atoms with Gasteiger partial charge in [-0.25, -0.2) is 4.98 Å². The van der Waals surface area contributed by atoms with E-state index >= 15 is 0 Å². The predicted octanol–water partition coefficient (Wildman–Crippen LogP) is 1.60. The molecule has 0 aromatic carbocycles. The van der Waals surface area contributed by atoms with E-state index in [0.717, 1.165) is 25.8 Å². The summed E-state index contributed by atoms with van der Waals surface area (Å²) in [7, 11) is 0. The van der Waals surface area contributed by atoms with Gasteiger partial charge in [-0.1, -0.05) is 0 Å². The highest BCUT2D eigenvalue weighted by Gasteiger charge is 2.30. The highest BCUT2D eigenvalue weighted by Crippen LogP contribution is 2.33. The Morgan fingerprint density at radius 2 is 2.45 bits per heavy atom. The number of aromatic nitrogens is 1. The molecule has 1 aliphatic rings. The molecule has 7 nitrogen and oxygen atoms in total. The summed E-state index contributed by atoms with van der Waals surface area (Å²) >= 11 is 0. The van der Waals surface area contributed by atoms with E-state index in [4.69, 9.17) is 10.4 Å². The summed E-state index contributed by atoms with van der Waals surface area (Å²) in [5.74, 6) is 0.328. The minimum Gasteiger partial charge on any atom is -0.396 e. The van der Waals surface area contributed by atoms with E-state index in [0.29, 0.717) is 12.2 Å². The van der Waals surface area contributed by atoms with Crippen LogP contribution in [-0.2, 0) is 0 Å². The second-order valence-corrected chi connectivity index (χ2v) is 4.79. The van der Waals surface area contributed by atoms with Crippen LogP contribution in [0.4, 0.5) is 11.5 Å². The molecule has 0 amide bonds. The van der Waals surface area contributed by atoms with Gasteiger partial charge in [-0.15, -0.1) is 0 Å². The van der Waals surface area contributed by atoms with E-state index in [9.17, 15) is 10.1 Å². The Hall–Kier alpha value is -2.20. The smallest absolute Gasteiger partial charge is 0.312 e. The average molecular weight is 276 g/mol. The highest BCUT2D eigenvalue weighted by molar-refractivity contribution is 5.61. The first kappa shape index (κ1) is 14.2. The third-order valence-corrected chi connectivity index (χ3v) is 3.52. The lowest BCUT2D eigenvalue weighted by atomic mass is 10.1. The Labute approximate surface area is 116 Å². The number of hydrogen-bond acceptors (Lipinski definition) is 6. The Morgan fingerprint density at radius 1 is 1.65 bits per heavy atom. The van der Waals surface area contributed by atoms with Gasteiger partial charge < -0.3 is 10.0 Å². The summed E-state index contributed by atoms with van der Waals surface area (Å²) in [6.07, 6.45) is 4.72. The fourth-order valence-corrected chi connectivity index (χ4v) is 2.60. The SMILES string of the molecule is N#Cc1cnc(N2CCCC2CCCO)c([N+](=O)[O-])c1. The van der Waals surface area contributed by atoms with Crippen LogP contribution in [0, 0.1) is 21.4 Å². The lowest BCUT2D eigenvalue weighted by Gasteiger charge is -2.25. The Bertz CT molecular complexity index is 541. The van der Waals surface area contributed by atoms with Crippen LogP contribution in [0.1, 0.15) is 31.2 Å². The molecule has 1 fully saturated rings. The van der Waals surface area contributed by atoms with Gasteiger partial charge in [-0.2, -0.15) is 5.26 Å². The van der Waals surface area contributed by atoms with Crippen LogP contribution in [0.15, 0.2) is 12.3 Å². The first-order valence-corrected chi connectivity index (χ1v) is 6.59. The zero-order valence-electron chi connectivity index (χ0n) is 11.0. The summed E-state index contributed by atoms with van der Waals surface area (Å²) < 4.78 is 0. The third kappa shape index (κ3) is 2.86. The van der Waals surface area contributed by atoms with E-state index in [2.05, 4.69) is 4.98 Å². The molecule has 0 bridgehead atoms. The number of anilines is 1. The summed E-state index contributed by atoms with van der Waals surface area (Å²) in [4.78, 5) is 16.7. The molecule has 7 heteroatoms. The van der Waals surface area contributed by atoms with Crippen LogP contribution in [-0.4, -0.2) is 34.2 Å². The second-order valence-electron chi connectivity index (χ2n) is 4.79. The van der Waals surface area contributed by atoms with Gasteiger partial charge >= 0.3 is 5.69 Å². The molecular weight excluding hydrogens is 260 g/mol. The molecule has 1 atom stereocenters. The average Bonchev–Trinajstić information content (AvgIpc) is 2.92. The number of nitro groups is 1. The van der Waals surface area contributed by atoms with E-state index in [-0.39, 0.29) is 23.9 Å². The van der Waals surface area contributed by atoms with E-state index in [1.54, 1.807) is 0 Å². The van der Waals surface area contributed by atoms with Crippen molar-refractivity contribution in [1.29, 1.82) is 5.26 Å². The molecule has 1 unspecified atom stereocenters. The van der Waals surface area contributed by atoms with E-state index < -0.39 is 4.92 Å². The van der Waals surface area contributed by atoms with Crippen molar-refractivity contribution in [2.24, 2.45) is 0 Å². The second kappa shape index (κ2) is 6.30. The standard InChI is InChI=1S/C13H16N4O3/c14-8-10-7-12(17(19)20)13(15-9-10)16-5-1-3-11(16)4-2-6-18/h7,9,11,18H,1-6H2. The van der Waals surface area contributed by atoms with Gasteiger partial charge in [0.2, 0.25) is 5.82 Å². The van der Waals surface area contributed by atoms with Crippen LogP contribution in [0.2, 0.25) is 0 Å². The maximum absolute atomic E-state index is 11.2. The monoisotopic (exact) mass is 276 g/mol. The van der Waals surface area contributed by atoms with Crippen LogP contribution in [0.25, 0.3) is 0 Å². The molecule has 1 saturated heterocycles. The van der Waals surface area contributed by atoms with Gasteiger partial charge in [0.05, 0.1) is 10.5 Å². The van der Waals surface area contributed by atoms with Crippen LogP contribution < -0.4 is 4.90 Å². The van der Waals surface area contributed by atoms with Crippen molar-refractivity contribution in [1.82, 2.24) is 4.98 Å². The van der Waals surface area contributed by atoms with Gasteiger partial charge in [0.15, 0.2) is 0 Å². The number of pyridine rings is 1. The first-order valence-electron chi connectivity index (χ1n) is 6.59. The molecule has 0 aliphatic carbocycles. The van der Waals surface area contributed by atoms with Gasteiger partial charge in [0.25, 0.3) is 0 Å². The normalized spacial score (nSPS) is 18.0. The zero-order valence-corrected chi connectivity index (χ0v) is 11.0. The zero-order chi connectivity index (χ0) is 14.5. The molecule has 2 rings (SSSR count). The maximum atomic E-state index is 11.2. The molecule has 0 radical (unpaired) electrons. The number of aliphatic hydroxyl groups is 1. The van der Waals surface area contributed by atoms with Crippen molar-refractivity contribution in [3.05, 3.63) is 27.9 Å². The van der Waals surface area contributed by atoms with Crippen LogP contribution in [0.5, 0.6) is 0 Å². The van der Waals surface area contributed by atoms with Crippen molar-refractivity contribution < 1.29 is 10.0 Å². The molecule has 1 N–H and O–H groups in total. The van der Waals surface area contributed by atoms with Crippen molar-refractivity contribution in [3.8, 4) is 6.07 Å². The number of rotatable bonds is 5. The van der Waals surface area contributed by atoms with Crippen LogP contribution in [0.3, 0.4) is 0 Å². The minimum absolute atomic E-state index is 0.118. The van der Waals surface area contributed by atoms with Crippen molar-refractivity contribution in [3.63, 3.8) is 0 Å². The molecule has 20 heavy (non-hydrogen) atoms. The van der Waals surface area contributed by atoms with Gasteiger partial charge in [0, 0.05) is 31.5 Å². The van der Waals surface area contributed by atoms with Gasteiger partial charge in [0.1, 0.15) is 6.07 Å². The summed E-state index contributed by atoms with van der Waals surface area (Å²) in [5, 5.41) is 28.9. The summed E-state index contributed by atoms with van der Waals surface area (Å²) in [6, 6.07) is 3.30.